The smallest absolute Gasteiger partial charge is 0.275 e. The SMILES string of the molecule is CCCCCCCCCCCCCCCCC(C(N)=O)[N+](C)(C)CCC.[Cl-]. The fourth-order valence-electron chi connectivity index (χ4n) is 4.10. The summed E-state index contributed by atoms with van der Waals surface area (Å²) in [5.41, 5.74) is 5.65. The Bertz CT molecular complexity index is 334. The van der Waals surface area contributed by atoms with Gasteiger partial charge in [-0.15, -0.1) is 0 Å². The van der Waals surface area contributed by atoms with Gasteiger partial charge in [0.25, 0.3) is 5.91 Å². The molecule has 2 N–H and O–H groups in total. The van der Waals surface area contributed by atoms with E-state index in [1.54, 1.807) is 0 Å². The van der Waals surface area contributed by atoms with Crippen molar-refractivity contribution in [3.63, 3.8) is 0 Å². The lowest BCUT2D eigenvalue weighted by molar-refractivity contribution is -0.906. The largest absolute Gasteiger partial charge is 1.00 e. The van der Waals surface area contributed by atoms with Crippen molar-refractivity contribution in [1.29, 1.82) is 0 Å². The predicted octanol–water partition coefficient (Wildman–Crippen LogP) is 3.20. The average molecular weight is 405 g/mol. The first-order valence-electron chi connectivity index (χ1n) is 11.6. The Balaban J connectivity index is 0. The van der Waals surface area contributed by atoms with Crippen LogP contribution in [0.1, 0.15) is 117 Å². The summed E-state index contributed by atoms with van der Waals surface area (Å²) in [6.07, 6.45) is 21.2. The molecular weight excluding hydrogens is 356 g/mol. The zero-order chi connectivity index (χ0) is 19.7. The van der Waals surface area contributed by atoms with Gasteiger partial charge in [-0.3, -0.25) is 4.79 Å². The molecule has 164 valence electrons. The molecule has 27 heavy (non-hydrogen) atoms. The molecule has 0 saturated carbocycles. The molecule has 4 heteroatoms. The first kappa shape index (κ1) is 28.9. The molecule has 0 aromatic heterocycles. The maximum Gasteiger partial charge on any atom is 0.275 e. The maximum absolute atomic E-state index is 11.8. The number of nitrogens with zero attached hydrogens (tertiary/aromatic N) is 1. The molecule has 0 aliphatic heterocycles. The van der Waals surface area contributed by atoms with Gasteiger partial charge < -0.3 is 22.6 Å². The summed E-state index contributed by atoms with van der Waals surface area (Å²) in [7, 11) is 4.28. The Morgan fingerprint density at radius 3 is 1.41 bits per heavy atom. The average Bonchev–Trinajstić information content (AvgIpc) is 2.57. The highest BCUT2D eigenvalue weighted by molar-refractivity contribution is 5.78. The van der Waals surface area contributed by atoms with E-state index in [4.69, 9.17) is 5.73 Å². The number of amides is 1. The standard InChI is InChI=1S/C23H48N2O.ClH/c1-5-7-8-9-10-11-12-13-14-15-16-17-18-19-20-22(23(24)26)25(3,4)21-6-2;/h22H,5-21H2,1-4H3,(H-,24,26);1H. The third-order valence-corrected chi connectivity index (χ3v) is 5.80. The Labute approximate surface area is 176 Å². The van der Waals surface area contributed by atoms with Crippen molar-refractivity contribution in [1.82, 2.24) is 0 Å². The monoisotopic (exact) mass is 404 g/mol. The van der Waals surface area contributed by atoms with Gasteiger partial charge in [0, 0.05) is 6.42 Å². The summed E-state index contributed by atoms with van der Waals surface area (Å²) in [4.78, 5) is 11.8. The van der Waals surface area contributed by atoms with Crippen LogP contribution in [0.5, 0.6) is 0 Å². The Morgan fingerprint density at radius 2 is 1.07 bits per heavy atom. The predicted molar refractivity (Wildman–Crippen MR) is 115 cm³/mol. The summed E-state index contributed by atoms with van der Waals surface area (Å²) < 4.78 is 0.740. The van der Waals surface area contributed by atoms with Gasteiger partial charge in [-0.1, -0.05) is 97.3 Å². The quantitative estimate of drug-likeness (QED) is 0.260. The zero-order valence-corrected chi connectivity index (χ0v) is 19.7. The van der Waals surface area contributed by atoms with Crippen LogP contribution in [0.15, 0.2) is 0 Å². The Morgan fingerprint density at radius 1 is 0.704 bits per heavy atom. The molecule has 1 unspecified atom stereocenters. The van der Waals surface area contributed by atoms with Crippen LogP contribution in [0.3, 0.4) is 0 Å². The van der Waals surface area contributed by atoms with Crippen molar-refractivity contribution in [3.8, 4) is 0 Å². The Kier molecular flexibility index (Phi) is 20.4. The highest BCUT2D eigenvalue weighted by atomic mass is 35.5. The summed E-state index contributed by atoms with van der Waals surface area (Å²) >= 11 is 0. The van der Waals surface area contributed by atoms with Crippen LogP contribution < -0.4 is 18.1 Å². The minimum absolute atomic E-state index is 0. The van der Waals surface area contributed by atoms with Gasteiger partial charge in [0.05, 0.1) is 20.6 Å². The number of likely N-dealkylation sites (N-methyl/N-ethyl adjacent to an activating group) is 1. The normalized spacial score (nSPS) is 12.6. The van der Waals surface area contributed by atoms with Gasteiger partial charge in [0.15, 0.2) is 6.04 Å². The van der Waals surface area contributed by atoms with Crippen molar-refractivity contribution in [2.45, 2.75) is 123 Å². The number of halogens is 1. The number of carbonyl (C=O) groups is 1. The first-order chi connectivity index (χ1) is 12.5. The molecule has 0 rings (SSSR count). The van der Waals surface area contributed by atoms with Crippen molar-refractivity contribution in [3.05, 3.63) is 0 Å². The van der Waals surface area contributed by atoms with Crippen LogP contribution in [0, 0.1) is 0 Å². The summed E-state index contributed by atoms with van der Waals surface area (Å²) in [6, 6.07) is -0.0210. The number of carbonyl (C=O) groups excluding carboxylic acids is 1. The molecule has 0 aromatic carbocycles. The third-order valence-electron chi connectivity index (χ3n) is 5.80. The number of unbranched alkanes of at least 4 members (excludes halogenated alkanes) is 13. The number of quaternary nitrogens is 1. The molecule has 0 aromatic rings. The van der Waals surface area contributed by atoms with E-state index in [9.17, 15) is 4.79 Å². The lowest BCUT2D eigenvalue weighted by Gasteiger charge is -2.36. The summed E-state index contributed by atoms with van der Waals surface area (Å²) in [6.45, 7) is 5.47. The van der Waals surface area contributed by atoms with Crippen LogP contribution in [0.2, 0.25) is 0 Å². The van der Waals surface area contributed by atoms with Crippen LogP contribution >= 0.6 is 0 Å². The lowest BCUT2D eigenvalue weighted by atomic mass is 10.0. The van der Waals surface area contributed by atoms with E-state index in [1.807, 2.05) is 0 Å². The van der Waals surface area contributed by atoms with E-state index in [0.29, 0.717) is 0 Å². The minimum atomic E-state index is -0.127. The fourth-order valence-corrected chi connectivity index (χ4v) is 4.10. The van der Waals surface area contributed by atoms with Gasteiger partial charge in [-0.2, -0.15) is 0 Å². The third kappa shape index (κ3) is 16.4. The molecule has 0 bridgehead atoms. The second kappa shape index (κ2) is 19.1. The van der Waals surface area contributed by atoms with Gasteiger partial charge in [-0.25, -0.2) is 0 Å². The van der Waals surface area contributed by atoms with E-state index in [2.05, 4.69) is 27.9 Å². The van der Waals surface area contributed by atoms with Crippen LogP contribution in [-0.4, -0.2) is 37.1 Å². The lowest BCUT2D eigenvalue weighted by Crippen LogP contribution is -3.00. The van der Waals surface area contributed by atoms with Crippen LogP contribution in [-0.2, 0) is 4.79 Å². The number of rotatable bonds is 19. The van der Waals surface area contributed by atoms with Crippen molar-refractivity contribution >= 4 is 5.91 Å². The number of nitrogens with two attached hydrogens (primary N) is 1. The topological polar surface area (TPSA) is 43.1 Å². The summed E-state index contributed by atoms with van der Waals surface area (Å²) in [5.74, 6) is -0.127. The van der Waals surface area contributed by atoms with Gasteiger partial charge in [0.2, 0.25) is 0 Å². The van der Waals surface area contributed by atoms with Crippen molar-refractivity contribution in [2.75, 3.05) is 20.6 Å². The second-order valence-electron chi connectivity index (χ2n) is 8.81. The highest BCUT2D eigenvalue weighted by Gasteiger charge is 2.31. The van der Waals surface area contributed by atoms with Crippen molar-refractivity contribution < 1.29 is 21.7 Å². The molecule has 0 radical (unpaired) electrons. The van der Waals surface area contributed by atoms with Gasteiger partial charge in [-0.05, 0) is 12.8 Å². The maximum atomic E-state index is 11.8. The number of primary amides is 1. The van der Waals surface area contributed by atoms with Gasteiger partial charge >= 0.3 is 0 Å². The number of hydrogen-bond acceptors (Lipinski definition) is 1. The van der Waals surface area contributed by atoms with E-state index >= 15 is 0 Å². The molecule has 0 aliphatic rings. The number of hydrogen-bond donors (Lipinski definition) is 1. The van der Waals surface area contributed by atoms with Gasteiger partial charge in [0.1, 0.15) is 0 Å². The molecule has 0 saturated heterocycles. The van der Waals surface area contributed by atoms with E-state index < -0.39 is 0 Å². The molecular formula is C23H49ClN2O. The molecule has 0 spiro atoms. The molecule has 0 heterocycles. The van der Waals surface area contributed by atoms with E-state index in [0.717, 1.165) is 30.3 Å². The molecule has 1 atom stereocenters. The van der Waals surface area contributed by atoms with Crippen LogP contribution in [0.4, 0.5) is 0 Å². The molecule has 1 amide bonds. The minimum Gasteiger partial charge on any atom is -1.00 e. The molecule has 0 fully saturated rings. The van der Waals surface area contributed by atoms with E-state index in [-0.39, 0.29) is 24.4 Å². The Hall–Kier alpha value is -0.280. The molecule has 3 nitrogen and oxygen atoms in total. The fraction of sp³-hybridized carbons (Fsp3) is 0.957. The molecule has 0 aliphatic carbocycles. The first-order valence-corrected chi connectivity index (χ1v) is 11.6. The zero-order valence-electron chi connectivity index (χ0n) is 18.9. The van der Waals surface area contributed by atoms with E-state index in [1.165, 1.54) is 83.5 Å². The van der Waals surface area contributed by atoms with Crippen molar-refractivity contribution in [2.24, 2.45) is 5.73 Å². The van der Waals surface area contributed by atoms with Crippen LogP contribution in [0.25, 0.3) is 0 Å². The highest BCUT2D eigenvalue weighted by Crippen LogP contribution is 2.17. The second-order valence-corrected chi connectivity index (χ2v) is 8.81. The summed E-state index contributed by atoms with van der Waals surface area (Å²) in [5, 5.41) is 0.